The first-order valence-corrected chi connectivity index (χ1v) is 14.3. The van der Waals surface area contributed by atoms with E-state index in [0.717, 1.165) is 62.7 Å². The fourth-order valence-electron chi connectivity index (χ4n) is 4.71. The molecule has 3 N–H and O–H groups in total. The summed E-state index contributed by atoms with van der Waals surface area (Å²) in [5, 5.41) is 5.74. The Labute approximate surface area is 201 Å². The molecule has 1 aromatic rings. The van der Waals surface area contributed by atoms with Gasteiger partial charge in [0.25, 0.3) is 10.0 Å². The Morgan fingerprint density at radius 3 is 2.36 bits per heavy atom. The molecule has 2 saturated carbocycles. The minimum absolute atomic E-state index is 0.0362. The highest BCUT2D eigenvalue weighted by Gasteiger charge is 2.34. The number of hydrogen-bond donors (Lipinski definition) is 3. The van der Waals surface area contributed by atoms with E-state index >= 15 is 0 Å². The van der Waals surface area contributed by atoms with Gasteiger partial charge >= 0.3 is 6.03 Å². The number of aromatic nitrogens is 1. The van der Waals surface area contributed by atoms with Crippen molar-refractivity contribution < 1.29 is 18.0 Å². The summed E-state index contributed by atoms with van der Waals surface area (Å²) in [6.45, 7) is 5.51. The first kappa shape index (κ1) is 25.9. The number of carbonyl (C=O) groups is 2. The number of anilines is 1. The van der Waals surface area contributed by atoms with Crippen molar-refractivity contribution in [2.24, 2.45) is 5.92 Å². The maximum absolute atomic E-state index is 13.3. The molecular weight excluding hydrogens is 462 g/mol. The first-order valence-electron chi connectivity index (χ1n) is 12.0. The second-order valence-electron chi connectivity index (χ2n) is 9.57. The molecule has 0 atom stereocenters. The molecule has 2 fully saturated rings. The number of thiazole rings is 1. The van der Waals surface area contributed by atoms with Gasteiger partial charge in [0.05, 0.1) is 12.7 Å². The van der Waals surface area contributed by atoms with Crippen molar-refractivity contribution in [3.05, 3.63) is 6.20 Å². The standard InChI is InChI=1S/C22H37N5O4S2/c1-15(2)25-19(28)13-24-33(30,31)20-14-23-21(32-20)26-22(29)27(17-7-5-4-6-8-17)18-11-9-16(3)10-12-18/h14-18,24H,4-13H2,1-3H3,(H,25,28)(H,23,26,29)/t16-,18-. The third-order valence-electron chi connectivity index (χ3n) is 6.42. The zero-order valence-electron chi connectivity index (χ0n) is 19.8. The average Bonchev–Trinajstić information content (AvgIpc) is 3.24. The summed E-state index contributed by atoms with van der Waals surface area (Å²) in [7, 11) is -3.89. The van der Waals surface area contributed by atoms with Crippen LogP contribution in [-0.2, 0) is 14.8 Å². The van der Waals surface area contributed by atoms with Crippen LogP contribution in [-0.4, -0.2) is 54.9 Å². The second kappa shape index (κ2) is 11.6. The van der Waals surface area contributed by atoms with Crippen molar-refractivity contribution >= 4 is 38.4 Å². The van der Waals surface area contributed by atoms with Gasteiger partial charge in [-0.15, -0.1) is 0 Å². The lowest BCUT2D eigenvalue weighted by Crippen LogP contribution is -2.51. The highest BCUT2D eigenvalue weighted by atomic mass is 32.2. The molecule has 0 aromatic carbocycles. The molecule has 9 nitrogen and oxygen atoms in total. The molecule has 33 heavy (non-hydrogen) atoms. The van der Waals surface area contributed by atoms with Crippen molar-refractivity contribution in [1.82, 2.24) is 19.9 Å². The average molecular weight is 500 g/mol. The van der Waals surface area contributed by atoms with E-state index in [4.69, 9.17) is 0 Å². The molecule has 1 heterocycles. The Morgan fingerprint density at radius 1 is 1.09 bits per heavy atom. The summed E-state index contributed by atoms with van der Waals surface area (Å²) in [5.74, 6) is 0.288. The van der Waals surface area contributed by atoms with Gasteiger partial charge in [0.15, 0.2) is 9.34 Å². The lowest BCUT2D eigenvalue weighted by Gasteiger charge is -2.42. The van der Waals surface area contributed by atoms with Crippen LogP contribution in [0, 0.1) is 5.92 Å². The van der Waals surface area contributed by atoms with Gasteiger partial charge in [-0.2, -0.15) is 0 Å². The largest absolute Gasteiger partial charge is 0.353 e. The van der Waals surface area contributed by atoms with Crippen LogP contribution in [0.1, 0.15) is 78.6 Å². The van der Waals surface area contributed by atoms with Crippen molar-refractivity contribution in [3.63, 3.8) is 0 Å². The lowest BCUT2D eigenvalue weighted by atomic mass is 9.84. The van der Waals surface area contributed by atoms with E-state index in [1.54, 1.807) is 13.8 Å². The molecule has 0 bridgehead atoms. The summed E-state index contributed by atoms with van der Waals surface area (Å²) in [5.41, 5.74) is 0. The van der Waals surface area contributed by atoms with E-state index in [-0.39, 0.29) is 40.0 Å². The molecule has 186 valence electrons. The van der Waals surface area contributed by atoms with Crippen LogP contribution in [0.2, 0.25) is 0 Å². The molecule has 3 amide bonds. The Morgan fingerprint density at radius 2 is 1.73 bits per heavy atom. The third-order valence-corrected chi connectivity index (χ3v) is 9.19. The van der Waals surface area contributed by atoms with Crippen LogP contribution in [0.25, 0.3) is 0 Å². The van der Waals surface area contributed by atoms with Gasteiger partial charge in [-0.3, -0.25) is 10.1 Å². The molecule has 0 spiro atoms. The number of nitrogens with one attached hydrogen (secondary N) is 3. The Hall–Kier alpha value is -1.72. The van der Waals surface area contributed by atoms with E-state index in [0.29, 0.717) is 5.92 Å². The number of carbonyl (C=O) groups excluding carboxylic acids is 2. The predicted molar refractivity (Wildman–Crippen MR) is 130 cm³/mol. The monoisotopic (exact) mass is 499 g/mol. The van der Waals surface area contributed by atoms with Crippen LogP contribution >= 0.6 is 11.3 Å². The molecule has 2 aliphatic carbocycles. The smallest absolute Gasteiger partial charge is 0.324 e. The minimum Gasteiger partial charge on any atom is -0.353 e. The molecule has 0 radical (unpaired) electrons. The number of sulfonamides is 1. The van der Waals surface area contributed by atoms with Gasteiger partial charge in [0.2, 0.25) is 5.91 Å². The number of nitrogens with zero attached hydrogens (tertiary/aromatic N) is 2. The summed E-state index contributed by atoms with van der Waals surface area (Å²) >= 11 is 0.893. The number of hydrogen-bond acceptors (Lipinski definition) is 6. The fraction of sp³-hybridized carbons (Fsp3) is 0.773. The van der Waals surface area contributed by atoms with Crippen molar-refractivity contribution in [2.75, 3.05) is 11.9 Å². The van der Waals surface area contributed by atoms with Crippen LogP contribution in [0.3, 0.4) is 0 Å². The number of amides is 3. The van der Waals surface area contributed by atoms with E-state index < -0.39 is 15.9 Å². The van der Waals surface area contributed by atoms with Crippen molar-refractivity contribution in [2.45, 2.75) is 101 Å². The first-order chi connectivity index (χ1) is 15.7. The van der Waals surface area contributed by atoms with E-state index in [1.807, 2.05) is 4.90 Å². The van der Waals surface area contributed by atoms with Crippen LogP contribution in [0.15, 0.2) is 10.4 Å². The lowest BCUT2D eigenvalue weighted by molar-refractivity contribution is -0.120. The quantitative estimate of drug-likeness (QED) is 0.504. The molecular formula is C22H37N5O4S2. The maximum atomic E-state index is 13.3. The number of rotatable bonds is 8. The van der Waals surface area contributed by atoms with Crippen molar-refractivity contribution in [3.8, 4) is 0 Å². The highest BCUT2D eigenvalue weighted by Crippen LogP contribution is 2.33. The minimum atomic E-state index is -3.89. The van der Waals surface area contributed by atoms with Crippen LogP contribution < -0.4 is 15.4 Å². The Kier molecular flexibility index (Phi) is 9.11. The van der Waals surface area contributed by atoms with Crippen molar-refractivity contribution in [1.29, 1.82) is 0 Å². The highest BCUT2D eigenvalue weighted by molar-refractivity contribution is 7.91. The Bertz CT molecular complexity index is 904. The molecule has 0 aliphatic heterocycles. The van der Waals surface area contributed by atoms with Gasteiger partial charge < -0.3 is 10.2 Å². The zero-order chi connectivity index (χ0) is 24.0. The maximum Gasteiger partial charge on any atom is 0.324 e. The summed E-state index contributed by atoms with van der Waals surface area (Å²) in [4.78, 5) is 31.2. The van der Waals surface area contributed by atoms with E-state index in [9.17, 15) is 18.0 Å². The van der Waals surface area contributed by atoms with Gasteiger partial charge in [0, 0.05) is 18.1 Å². The van der Waals surface area contributed by atoms with Gasteiger partial charge in [-0.05, 0) is 58.3 Å². The summed E-state index contributed by atoms with van der Waals surface area (Å²) in [6.07, 6.45) is 11.0. The zero-order valence-corrected chi connectivity index (χ0v) is 21.4. The molecule has 3 rings (SSSR count). The van der Waals surface area contributed by atoms with Gasteiger partial charge in [-0.25, -0.2) is 22.9 Å². The summed E-state index contributed by atoms with van der Waals surface area (Å²) < 4.78 is 27.3. The SMILES string of the molecule is CC(C)NC(=O)CNS(=O)(=O)c1cnc(NC(=O)N(C2CCCCC2)[C@H]2CC[C@H](C)CC2)s1. The van der Waals surface area contributed by atoms with Gasteiger partial charge in [0.1, 0.15) is 0 Å². The second-order valence-corrected chi connectivity index (χ2v) is 12.6. The van der Waals surface area contributed by atoms with Crippen LogP contribution in [0.5, 0.6) is 0 Å². The molecule has 1 aromatic heterocycles. The molecule has 11 heteroatoms. The fourth-order valence-corrected chi connectivity index (χ4v) is 6.76. The van der Waals surface area contributed by atoms with Crippen LogP contribution in [0.4, 0.5) is 9.93 Å². The topological polar surface area (TPSA) is 121 Å². The predicted octanol–water partition coefficient (Wildman–Crippen LogP) is 3.69. The number of urea groups is 1. The third kappa shape index (κ3) is 7.38. The summed E-state index contributed by atoms with van der Waals surface area (Å²) in [6, 6.07) is 0.172. The molecule has 0 saturated heterocycles. The normalized spacial score (nSPS) is 22.2. The van der Waals surface area contributed by atoms with Gasteiger partial charge in [-0.1, -0.05) is 37.5 Å². The Balaban J connectivity index is 1.65. The van der Waals surface area contributed by atoms with E-state index in [2.05, 4.69) is 27.3 Å². The molecule has 0 unspecified atom stereocenters. The van der Waals surface area contributed by atoms with E-state index in [1.165, 1.54) is 12.6 Å². The molecule has 2 aliphatic rings.